The fourth-order valence-electron chi connectivity index (χ4n) is 2.60. The minimum Gasteiger partial charge on any atom is -0.480 e. The fraction of sp³-hybridized carbons (Fsp3) is 0.385. The smallest absolute Gasteiger partial charge is 0.326 e. The van der Waals surface area contributed by atoms with Gasteiger partial charge < -0.3 is 9.67 Å². The predicted molar refractivity (Wildman–Crippen MR) is 74.0 cm³/mol. The number of nitrogens with zero attached hydrogens (tertiary/aromatic N) is 2. The number of hydrogen-bond donors (Lipinski definition) is 1. The molecule has 0 fully saturated rings. The molecule has 0 spiro atoms. The molecule has 0 amide bonds. The van der Waals surface area contributed by atoms with Gasteiger partial charge in [-0.3, -0.25) is 0 Å². The second-order valence-corrected chi connectivity index (χ2v) is 6.03. The van der Waals surface area contributed by atoms with Crippen LogP contribution in [0, 0.1) is 0 Å². The number of carbonyl (C=O) groups is 1. The van der Waals surface area contributed by atoms with E-state index >= 15 is 0 Å². The largest absolute Gasteiger partial charge is 0.480 e. The quantitative estimate of drug-likeness (QED) is 0.946. The van der Waals surface area contributed by atoms with Gasteiger partial charge in [0.15, 0.2) is 5.15 Å². The van der Waals surface area contributed by atoms with Crippen LogP contribution < -0.4 is 0 Å². The van der Waals surface area contributed by atoms with Gasteiger partial charge in [-0.05, 0) is 30.7 Å². The molecule has 0 saturated heterocycles. The van der Waals surface area contributed by atoms with Gasteiger partial charge in [-0.15, -0.1) is 11.3 Å². The number of aromatic nitrogens is 2. The zero-order chi connectivity index (χ0) is 13.4. The van der Waals surface area contributed by atoms with Crippen molar-refractivity contribution in [3.8, 4) is 0 Å². The van der Waals surface area contributed by atoms with E-state index in [-0.39, 0.29) is 0 Å². The third-order valence-corrected chi connectivity index (χ3v) is 4.61. The van der Waals surface area contributed by atoms with Crippen LogP contribution in [0.15, 0.2) is 17.5 Å². The molecule has 4 nitrogen and oxygen atoms in total. The molecule has 2 aromatic rings. The van der Waals surface area contributed by atoms with E-state index in [1.165, 1.54) is 4.88 Å². The average molecular weight is 297 g/mol. The first kappa shape index (κ1) is 12.7. The first-order valence-corrected chi connectivity index (χ1v) is 7.43. The Bertz CT molecular complexity index is 606. The van der Waals surface area contributed by atoms with Gasteiger partial charge in [0, 0.05) is 11.3 Å². The van der Waals surface area contributed by atoms with Crippen molar-refractivity contribution < 1.29 is 9.90 Å². The molecule has 0 radical (unpaired) electrons. The highest BCUT2D eigenvalue weighted by atomic mass is 35.5. The maximum atomic E-state index is 11.4. The highest BCUT2D eigenvalue weighted by Gasteiger charge is 2.30. The van der Waals surface area contributed by atoms with E-state index < -0.39 is 12.0 Å². The minimum atomic E-state index is -0.803. The van der Waals surface area contributed by atoms with Gasteiger partial charge in [-0.1, -0.05) is 17.7 Å². The fourth-order valence-corrected chi connectivity index (χ4v) is 3.58. The third-order valence-electron chi connectivity index (χ3n) is 3.43. The molecular formula is C13H13ClN2O2S. The topological polar surface area (TPSA) is 55.1 Å². The Morgan fingerprint density at radius 1 is 1.63 bits per heavy atom. The number of fused-ring (bicyclic) bond motifs is 1. The number of rotatable bonds is 3. The monoisotopic (exact) mass is 296 g/mol. The molecule has 100 valence electrons. The number of hydrogen-bond acceptors (Lipinski definition) is 3. The molecule has 3 heterocycles. The molecule has 3 rings (SSSR count). The van der Waals surface area contributed by atoms with Gasteiger partial charge in [0.25, 0.3) is 0 Å². The zero-order valence-corrected chi connectivity index (χ0v) is 11.7. The second-order valence-electron chi connectivity index (χ2n) is 4.64. The van der Waals surface area contributed by atoms with E-state index in [0.29, 0.717) is 18.0 Å². The summed E-state index contributed by atoms with van der Waals surface area (Å²) < 4.78 is 1.83. The van der Waals surface area contributed by atoms with E-state index in [0.717, 1.165) is 24.4 Å². The Labute approximate surface area is 119 Å². The van der Waals surface area contributed by atoms with Crippen LogP contribution in [0.2, 0.25) is 5.15 Å². The number of aliphatic carboxylic acids is 1. The summed E-state index contributed by atoms with van der Waals surface area (Å²) in [6, 6.07) is 3.48. The van der Waals surface area contributed by atoms with Crippen molar-refractivity contribution in [1.82, 2.24) is 9.55 Å². The van der Waals surface area contributed by atoms with Crippen LogP contribution in [0.5, 0.6) is 0 Å². The maximum Gasteiger partial charge on any atom is 0.326 e. The third kappa shape index (κ3) is 2.28. The molecule has 0 aliphatic carbocycles. The molecule has 1 N–H and O–H groups in total. The zero-order valence-electron chi connectivity index (χ0n) is 10.2. The lowest BCUT2D eigenvalue weighted by molar-refractivity contribution is -0.141. The molecule has 0 aromatic carbocycles. The molecule has 0 bridgehead atoms. The number of carboxylic acid groups (broad SMARTS) is 1. The summed E-state index contributed by atoms with van der Waals surface area (Å²) >= 11 is 7.80. The van der Waals surface area contributed by atoms with Crippen LogP contribution in [0.4, 0.5) is 0 Å². The van der Waals surface area contributed by atoms with E-state index in [2.05, 4.69) is 4.98 Å². The summed E-state index contributed by atoms with van der Waals surface area (Å²) in [5.41, 5.74) is 0.867. The summed E-state index contributed by atoms with van der Waals surface area (Å²) in [6.07, 6.45) is 2.94. The van der Waals surface area contributed by atoms with E-state index in [4.69, 9.17) is 11.6 Å². The van der Waals surface area contributed by atoms with E-state index in [1.807, 2.05) is 22.1 Å². The van der Waals surface area contributed by atoms with Crippen LogP contribution in [0.25, 0.3) is 0 Å². The first-order valence-electron chi connectivity index (χ1n) is 6.17. The predicted octanol–water partition coefficient (Wildman–Crippen LogP) is 3.15. The molecule has 19 heavy (non-hydrogen) atoms. The molecular weight excluding hydrogens is 284 g/mol. The highest BCUT2D eigenvalue weighted by molar-refractivity contribution is 7.09. The lowest BCUT2D eigenvalue weighted by atomic mass is 10.0. The highest BCUT2D eigenvalue weighted by Crippen LogP contribution is 2.32. The maximum absolute atomic E-state index is 11.4. The molecule has 0 saturated carbocycles. The van der Waals surface area contributed by atoms with Crippen LogP contribution in [0.3, 0.4) is 0 Å². The molecule has 1 aliphatic heterocycles. The summed E-state index contributed by atoms with van der Waals surface area (Å²) in [6.45, 7) is 0. The van der Waals surface area contributed by atoms with Gasteiger partial charge in [0.05, 0.1) is 5.69 Å². The van der Waals surface area contributed by atoms with Gasteiger partial charge in [-0.2, -0.15) is 0 Å². The van der Waals surface area contributed by atoms with Crippen molar-refractivity contribution in [1.29, 1.82) is 0 Å². The molecule has 6 heteroatoms. The number of imidazole rings is 1. The summed E-state index contributed by atoms with van der Waals surface area (Å²) in [5, 5.41) is 11.8. The van der Waals surface area contributed by atoms with Crippen LogP contribution in [-0.4, -0.2) is 20.6 Å². The number of carboxylic acids is 1. The van der Waals surface area contributed by atoms with Crippen molar-refractivity contribution in [2.75, 3.05) is 0 Å². The van der Waals surface area contributed by atoms with Gasteiger partial charge in [0.1, 0.15) is 11.9 Å². The van der Waals surface area contributed by atoms with Crippen LogP contribution >= 0.6 is 22.9 Å². The normalized spacial score (nSPS) is 18.3. The Balaban J connectivity index is 2.03. The van der Waals surface area contributed by atoms with Crippen molar-refractivity contribution in [2.24, 2.45) is 0 Å². The molecule has 1 aliphatic rings. The summed E-state index contributed by atoms with van der Waals surface area (Å²) in [5.74, 6) is -0.0444. The van der Waals surface area contributed by atoms with E-state index in [9.17, 15) is 9.90 Å². The van der Waals surface area contributed by atoms with Gasteiger partial charge >= 0.3 is 5.97 Å². The van der Waals surface area contributed by atoms with Gasteiger partial charge in [-0.25, -0.2) is 9.78 Å². The average Bonchev–Trinajstić information content (AvgIpc) is 2.99. The Kier molecular flexibility index (Phi) is 3.33. The second kappa shape index (κ2) is 4.98. The van der Waals surface area contributed by atoms with Crippen LogP contribution in [0.1, 0.15) is 35.3 Å². The van der Waals surface area contributed by atoms with E-state index in [1.54, 1.807) is 11.3 Å². The lowest BCUT2D eigenvalue weighted by Gasteiger charge is -2.24. The molecule has 1 unspecified atom stereocenters. The van der Waals surface area contributed by atoms with Gasteiger partial charge in [0.2, 0.25) is 0 Å². The summed E-state index contributed by atoms with van der Waals surface area (Å²) in [4.78, 5) is 16.9. The molecule has 2 aromatic heterocycles. The SMILES string of the molecule is O=C(O)C1CCCc2c(Cl)nc(Cc3cccs3)n21. The lowest BCUT2D eigenvalue weighted by Crippen LogP contribution is -2.26. The standard InChI is InChI=1S/C13H13ClN2O2S/c14-12-9-4-1-5-10(13(17)18)16(9)11(15-12)7-8-3-2-6-19-8/h2-3,6,10H,1,4-5,7H2,(H,17,18). The van der Waals surface area contributed by atoms with Crippen molar-refractivity contribution >= 4 is 28.9 Å². The van der Waals surface area contributed by atoms with Crippen molar-refractivity contribution in [3.63, 3.8) is 0 Å². The number of halogens is 1. The van der Waals surface area contributed by atoms with Crippen molar-refractivity contribution in [3.05, 3.63) is 39.1 Å². The number of thiophene rings is 1. The Hall–Kier alpha value is -1.33. The first-order chi connectivity index (χ1) is 9.16. The van der Waals surface area contributed by atoms with Crippen molar-refractivity contribution in [2.45, 2.75) is 31.7 Å². The summed E-state index contributed by atoms with van der Waals surface area (Å²) in [7, 11) is 0. The minimum absolute atomic E-state index is 0.456. The Morgan fingerprint density at radius 3 is 3.16 bits per heavy atom. The molecule has 1 atom stereocenters. The van der Waals surface area contributed by atoms with Crippen LogP contribution in [-0.2, 0) is 17.6 Å². The Morgan fingerprint density at radius 2 is 2.47 bits per heavy atom.